The fourth-order valence-corrected chi connectivity index (χ4v) is 0.964. The molecule has 0 atom stereocenters. The van der Waals surface area contributed by atoms with Gasteiger partial charge in [-0.15, -0.1) is 0 Å². The largest absolute Gasteiger partial charge is 0.406 e. The Bertz CT molecular complexity index is 354. The molecule has 0 fully saturated rings. The van der Waals surface area contributed by atoms with Crippen molar-refractivity contribution >= 4 is 52.3 Å². The van der Waals surface area contributed by atoms with E-state index < -0.39 is 11.9 Å². The van der Waals surface area contributed by atoms with Gasteiger partial charge in [-0.1, -0.05) is 11.6 Å². The molecule has 0 aliphatic carbocycles. The normalized spacial score (nSPS) is 9.29. The van der Waals surface area contributed by atoms with E-state index in [9.17, 15) is 9.59 Å². The molecule has 5 nitrogen and oxygen atoms in total. The summed E-state index contributed by atoms with van der Waals surface area (Å²) in [7, 11) is 0. The number of anilines is 1. The summed E-state index contributed by atoms with van der Waals surface area (Å²) in [6.07, 6.45) is 1.35. The van der Waals surface area contributed by atoms with Gasteiger partial charge in [0.25, 0.3) is 0 Å². The highest BCUT2D eigenvalue weighted by Gasteiger charge is 2.14. The minimum atomic E-state index is -0.984. The smallest absolute Gasteiger partial charge is 0.387 e. The van der Waals surface area contributed by atoms with Crippen molar-refractivity contribution in [2.75, 3.05) is 5.32 Å². The number of rotatable bonds is 1. The molecular weight excluding hydrogens is 322 g/mol. The minimum Gasteiger partial charge on any atom is -0.387 e. The molecule has 0 aliphatic rings. The Morgan fingerprint density at radius 3 is 2.71 bits per heavy atom. The van der Waals surface area contributed by atoms with E-state index >= 15 is 0 Å². The summed E-state index contributed by atoms with van der Waals surface area (Å²) < 4.78 is 4.17. The highest BCUT2D eigenvalue weighted by molar-refractivity contribution is 14.1. The van der Waals surface area contributed by atoms with Gasteiger partial charge in [0.2, 0.25) is 0 Å². The summed E-state index contributed by atoms with van der Waals surface area (Å²) in [6, 6.07) is 3.01. The molecule has 1 aromatic heterocycles. The van der Waals surface area contributed by atoms with Crippen LogP contribution in [0.15, 0.2) is 18.3 Å². The Morgan fingerprint density at radius 2 is 2.21 bits per heavy atom. The zero-order valence-electron chi connectivity index (χ0n) is 6.66. The van der Waals surface area contributed by atoms with Gasteiger partial charge in [0, 0.05) is 6.20 Å². The average Bonchev–Trinajstić information content (AvgIpc) is 2.20. The first-order valence-electron chi connectivity index (χ1n) is 3.39. The lowest BCUT2D eigenvalue weighted by Crippen LogP contribution is -2.22. The van der Waals surface area contributed by atoms with Crippen LogP contribution in [0.1, 0.15) is 0 Å². The highest BCUT2D eigenvalue weighted by atomic mass is 127. The lowest BCUT2D eigenvalue weighted by molar-refractivity contribution is -0.143. The van der Waals surface area contributed by atoms with Gasteiger partial charge in [-0.05, 0) is 12.1 Å². The molecule has 0 aromatic carbocycles. The van der Waals surface area contributed by atoms with Crippen LogP contribution in [-0.4, -0.2) is 16.9 Å². The molecule has 7 heteroatoms. The molecule has 1 rings (SSSR count). The van der Waals surface area contributed by atoms with E-state index in [0.717, 1.165) is 0 Å². The van der Waals surface area contributed by atoms with E-state index in [2.05, 4.69) is 13.4 Å². The maximum absolute atomic E-state index is 11.0. The summed E-state index contributed by atoms with van der Waals surface area (Å²) in [4.78, 5) is 25.4. The summed E-state index contributed by atoms with van der Waals surface area (Å²) >= 11 is 6.89. The van der Waals surface area contributed by atoms with Crippen LogP contribution in [0.25, 0.3) is 0 Å². The second kappa shape index (κ2) is 5.11. The first-order valence-corrected chi connectivity index (χ1v) is 4.65. The predicted octanol–water partition coefficient (Wildman–Crippen LogP) is 1.57. The maximum atomic E-state index is 11.0. The van der Waals surface area contributed by atoms with Gasteiger partial charge in [0.15, 0.2) is 23.0 Å². The molecule has 1 amide bonds. The molecule has 74 valence electrons. The molecule has 0 saturated heterocycles. The molecular formula is C7H4ClIN2O3. The standard InChI is InChI=1S/C7H4ClIN2O3/c8-4-1-2-5(10-3-4)11-6(12)7(13)14-9/h1-3H,(H,10,11,12). The molecule has 0 aliphatic heterocycles. The van der Waals surface area contributed by atoms with Crippen LogP contribution in [0.2, 0.25) is 5.02 Å². The zero-order valence-corrected chi connectivity index (χ0v) is 9.57. The van der Waals surface area contributed by atoms with Crippen molar-refractivity contribution in [1.82, 2.24) is 4.98 Å². The van der Waals surface area contributed by atoms with Gasteiger partial charge >= 0.3 is 11.9 Å². The Hall–Kier alpha value is -0.890. The fourth-order valence-electron chi connectivity index (χ4n) is 0.652. The van der Waals surface area contributed by atoms with Crippen LogP contribution in [-0.2, 0) is 12.7 Å². The van der Waals surface area contributed by atoms with E-state index in [4.69, 9.17) is 11.6 Å². The van der Waals surface area contributed by atoms with Crippen LogP contribution in [0.3, 0.4) is 0 Å². The van der Waals surface area contributed by atoms with Crippen LogP contribution in [0, 0.1) is 0 Å². The molecule has 0 spiro atoms. The monoisotopic (exact) mass is 326 g/mol. The van der Waals surface area contributed by atoms with E-state index in [-0.39, 0.29) is 5.82 Å². The number of amides is 1. The minimum absolute atomic E-state index is 0.237. The van der Waals surface area contributed by atoms with Crippen molar-refractivity contribution in [3.8, 4) is 0 Å². The number of halogens is 2. The highest BCUT2D eigenvalue weighted by Crippen LogP contribution is 2.09. The number of aromatic nitrogens is 1. The third kappa shape index (κ3) is 3.11. The van der Waals surface area contributed by atoms with E-state index in [1.807, 2.05) is 0 Å². The van der Waals surface area contributed by atoms with Gasteiger partial charge in [0.05, 0.1) is 5.02 Å². The van der Waals surface area contributed by atoms with Crippen molar-refractivity contribution in [3.05, 3.63) is 23.4 Å². The molecule has 0 unspecified atom stereocenters. The molecule has 14 heavy (non-hydrogen) atoms. The summed E-state index contributed by atoms with van der Waals surface area (Å²) in [5.74, 6) is -1.63. The van der Waals surface area contributed by atoms with Crippen molar-refractivity contribution in [2.45, 2.75) is 0 Å². The molecule has 0 radical (unpaired) electrons. The molecule has 0 saturated carbocycles. The quantitative estimate of drug-likeness (QED) is 0.628. The van der Waals surface area contributed by atoms with Crippen LogP contribution < -0.4 is 5.32 Å². The number of pyridine rings is 1. The number of nitrogens with one attached hydrogen (secondary N) is 1. The lowest BCUT2D eigenvalue weighted by Gasteiger charge is -2.00. The number of carbonyl (C=O) groups is 2. The van der Waals surface area contributed by atoms with Crippen LogP contribution in [0.4, 0.5) is 5.82 Å². The zero-order chi connectivity index (χ0) is 10.6. The molecule has 1 N–H and O–H groups in total. The first kappa shape index (κ1) is 11.2. The van der Waals surface area contributed by atoms with Gasteiger partial charge in [-0.3, -0.25) is 4.79 Å². The number of hydrogen-bond acceptors (Lipinski definition) is 4. The average molecular weight is 326 g/mol. The number of carbonyl (C=O) groups excluding carboxylic acids is 2. The Labute approximate surface area is 98.5 Å². The van der Waals surface area contributed by atoms with Crippen LogP contribution >= 0.6 is 34.6 Å². The van der Waals surface area contributed by atoms with E-state index in [1.54, 1.807) is 6.07 Å². The SMILES string of the molecule is O=C(Nc1ccc(Cl)cn1)C(=O)OI. The third-order valence-electron chi connectivity index (χ3n) is 1.22. The Morgan fingerprint density at radius 1 is 1.50 bits per heavy atom. The lowest BCUT2D eigenvalue weighted by atomic mass is 10.4. The van der Waals surface area contributed by atoms with Crippen molar-refractivity contribution < 1.29 is 12.7 Å². The van der Waals surface area contributed by atoms with Gasteiger partial charge < -0.3 is 8.38 Å². The van der Waals surface area contributed by atoms with Crippen molar-refractivity contribution in [3.63, 3.8) is 0 Å². The summed E-state index contributed by atoms with van der Waals surface area (Å²) in [6.45, 7) is 0. The van der Waals surface area contributed by atoms with Gasteiger partial charge in [-0.2, -0.15) is 0 Å². The van der Waals surface area contributed by atoms with Gasteiger partial charge in [0.1, 0.15) is 5.82 Å². The first-order chi connectivity index (χ1) is 6.63. The Balaban J connectivity index is 2.65. The molecule has 0 bridgehead atoms. The predicted molar refractivity (Wildman–Crippen MR) is 58.0 cm³/mol. The summed E-state index contributed by atoms with van der Waals surface area (Å²) in [5.41, 5.74) is 0. The third-order valence-corrected chi connectivity index (χ3v) is 1.85. The van der Waals surface area contributed by atoms with Crippen LogP contribution in [0.5, 0.6) is 0 Å². The topological polar surface area (TPSA) is 68.3 Å². The summed E-state index contributed by atoms with van der Waals surface area (Å²) in [5, 5.41) is 2.68. The fraction of sp³-hybridized carbons (Fsp3) is 0. The maximum Gasteiger partial charge on any atom is 0.406 e. The molecule has 1 heterocycles. The second-order valence-corrected chi connectivity index (χ2v) is 3.06. The number of hydrogen-bond donors (Lipinski definition) is 1. The molecule has 1 aromatic rings. The van der Waals surface area contributed by atoms with E-state index in [1.165, 1.54) is 35.3 Å². The van der Waals surface area contributed by atoms with Gasteiger partial charge in [-0.25, -0.2) is 9.78 Å². The van der Waals surface area contributed by atoms with Crippen molar-refractivity contribution in [2.24, 2.45) is 0 Å². The Kier molecular flexibility index (Phi) is 4.08. The second-order valence-electron chi connectivity index (χ2n) is 2.18. The van der Waals surface area contributed by atoms with Crippen molar-refractivity contribution in [1.29, 1.82) is 0 Å². The number of nitrogens with zero attached hydrogens (tertiary/aromatic N) is 1. The van der Waals surface area contributed by atoms with E-state index in [0.29, 0.717) is 5.02 Å².